The number of rotatable bonds is 2. The molecule has 0 bridgehead atoms. The average molecular weight is 263 g/mol. The Hall–Kier alpha value is -1.93. The number of carbonyl (C=O) groups excluding carboxylic acids is 2. The molecule has 4 nitrogen and oxygen atoms in total. The number of hydrogen-bond donors (Lipinski definition) is 1. The first-order valence-electron chi connectivity index (χ1n) is 5.15. The largest absolute Gasteiger partial charge is 0.465 e. The van der Waals surface area contributed by atoms with Crippen LogP contribution in [0.25, 0.3) is 0 Å². The molecule has 0 atom stereocenters. The lowest BCUT2D eigenvalue weighted by Crippen LogP contribution is -2.06. The van der Waals surface area contributed by atoms with Gasteiger partial charge in [0, 0.05) is 12.5 Å². The van der Waals surface area contributed by atoms with Gasteiger partial charge >= 0.3 is 5.97 Å². The van der Waals surface area contributed by atoms with Crippen molar-refractivity contribution in [2.45, 2.75) is 6.92 Å². The number of nitrogens with two attached hydrogens (primary N) is 1. The number of ether oxygens (including phenoxy) is 1. The van der Waals surface area contributed by atoms with Crippen LogP contribution < -0.4 is 5.73 Å². The Morgan fingerprint density at radius 2 is 2.17 bits per heavy atom. The average Bonchev–Trinajstić information content (AvgIpc) is 2.35. The van der Waals surface area contributed by atoms with E-state index in [1.807, 2.05) is 0 Å². The molecule has 94 valence electrons. The van der Waals surface area contributed by atoms with Gasteiger partial charge in [-0.3, -0.25) is 4.79 Å². The summed E-state index contributed by atoms with van der Waals surface area (Å²) in [4.78, 5) is 22.1. The molecule has 0 amide bonds. The summed E-state index contributed by atoms with van der Waals surface area (Å²) in [6, 6.07) is 4.98. The Morgan fingerprint density at radius 3 is 2.78 bits per heavy atom. The topological polar surface area (TPSA) is 69.4 Å². The SMILES string of the molecule is COC(=O)c1cccc(C#CCSC(C)=O)c1N. The highest BCUT2D eigenvalue weighted by molar-refractivity contribution is 8.13. The van der Waals surface area contributed by atoms with Gasteiger partial charge in [-0.05, 0) is 12.1 Å². The Morgan fingerprint density at radius 1 is 1.44 bits per heavy atom. The van der Waals surface area contributed by atoms with Crippen LogP contribution in [0, 0.1) is 11.8 Å². The predicted octanol–water partition coefficient (Wildman–Crippen LogP) is 1.69. The second-order valence-electron chi connectivity index (χ2n) is 3.34. The van der Waals surface area contributed by atoms with Crippen LogP contribution >= 0.6 is 11.8 Å². The third kappa shape index (κ3) is 3.82. The molecule has 1 aromatic carbocycles. The fraction of sp³-hybridized carbons (Fsp3) is 0.231. The molecule has 5 heteroatoms. The zero-order valence-electron chi connectivity index (χ0n) is 10.1. The number of carbonyl (C=O) groups is 2. The Bertz CT molecular complexity index is 529. The number of nitrogen functional groups attached to an aromatic ring is 1. The molecule has 0 fully saturated rings. The summed E-state index contributed by atoms with van der Waals surface area (Å²) < 4.78 is 4.61. The van der Waals surface area contributed by atoms with Crippen LogP contribution in [0.5, 0.6) is 0 Å². The number of benzene rings is 1. The molecule has 1 aromatic rings. The summed E-state index contributed by atoms with van der Waals surface area (Å²) in [5.41, 5.74) is 6.97. The van der Waals surface area contributed by atoms with Crippen LogP contribution in [0.15, 0.2) is 18.2 Å². The monoisotopic (exact) mass is 263 g/mol. The molecular formula is C13H13NO3S. The fourth-order valence-electron chi connectivity index (χ4n) is 1.23. The van der Waals surface area contributed by atoms with E-state index in [9.17, 15) is 9.59 Å². The maximum atomic E-state index is 11.4. The van der Waals surface area contributed by atoms with Gasteiger partial charge < -0.3 is 10.5 Å². The van der Waals surface area contributed by atoms with E-state index in [1.54, 1.807) is 18.2 Å². The molecule has 18 heavy (non-hydrogen) atoms. The van der Waals surface area contributed by atoms with E-state index in [2.05, 4.69) is 16.6 Å². The van der Waals surface area contributed by atoms with Crippen molar-refractivity contribution in [1.29, 1.82) is 0 Å². The molecule has 2 N–H and O–H groups in total. The van der Waals surface area contributed by atoms with Crippen LogP contribution in [0.3, 0.4) is 0 Å². The van der Waals surface area contributed by atoms with E-state index in [-0.39, 0.29) is 5.12 Å². The van der Waals surface area contributed by atoms with E-state index in [4.69, 9.17) is 5.73 Å². The molecule has 1 rings (SSSR count). The maximum Gasteiger partial charge on any atom is 0.339 e. The number of methoxy groups -OCH3 is 1. The van der Waals surface area contributed by atoms with E-state index in [0.29, 0.717) is 22.6 Å². The smallest absolute Gasteiger partial charge is 0.339 e. The summed E-state index contributed by atoms with van der Waals surface area (Å²) in [7, 11) is 1.30. The van der Waals surface area contributed by atoms with Crippen LogP contribution in [-0.4, -0.2) is 23.9 Å². The lowest BCUT2D eigenvalue weighted by atomic mass is 10.1. The van der Waals surface area contributed by atoms with Crippen molar-refractivity contribution in [2.24, 2.45) is 0 Å². The van der Waals surface area contributed by atoms with Gasteiger partial charge in [-0.1, -0.05) is 29.7 Å². The third-order valence-electron chi connectivity index (χ3n) is 2.08. The second-order valence-corrected chi connectivity index (χ2v) is 4.49. The van der Waals surface area contributed by atoms with Crippen molar-refractivity contribution in [3.63, 3.8) is 0 Å². The van der Waals surface area contributed by atoms with Gasteiger partial charge in [0.2, 0.25) is 0 Å². The van der Waals surface area contributed by atoms with Gasteiger partial charge in [0.1, 0.15) is 0 Å². The number of anilines is 1. The summed E-state index contributed by atoms with van der Waals surface area (Å²) in [5, 5.41) is 0.0144. The first-order chi connectivity index (χ1) is 8.56. The van der Waals surface area contributed by atoms with Crippen molar-refractivity contribution in [3.8, 4) is 11.8 Å². The zero-order chi connectivity index (χ0) is 13.5. The van der Waals surface area contributed by atoms with E-state index in [1.165, 1.54) is 14.0 Å². The van der Waals surface area contributed by atoms with Gasteiger partial charge in [0.25, 0.3) is 0 Å². The minimum atomic E-state index is -0.491. The molecule has 0 aliphatic heterocycles. The standard InChI is InChI=1S/C13H13NO3S/c1-9(15)18-8-4-6-10-5-3-7-11(12(10)14)13(16)17-2/h3,5,7H,8,14H2,1-2H3. The van der Waals surface area contributed by atoms with Gasteiger partial charge in [-0.2, -0.15) is 0 Å². The Kier molecular flexibility index (Phi) is 5.28. The molecule has 0 heterocycles. The highest BCUT2D eigenvalue weighted by atomic mass is 32.2. The van der Waals surface area contributed by atoms with E-state index < -0.39 is 5.97 Å². The van der Waals surface area contributed by atoms with Gasteiger partial charge in [-0.25, -0.2) is 4.79 Å². The Labute approximate surface area is 110 Å². The molecule has 0 aliphatic carbocycles. The van der Waals surface area contributed by atoms with Crippen molar-refractivity contribution in [3.05, 3.63) is 29.3 Å². The molecule has 0 radical (unpaired) electrons. The highest BCUT2D eigenvalue weighted by Gasteiger charge is 2.11. The van der Waals surface area contributed by atoms with Crippen LogP contribution in [-0.2, 0) is 9.53 Å². The number of esters is 1. The molecule has 0 unspecified atom stereocenters. The Balaban J connectivity index is 2.90. The first kappa shape index (κ1) is 14.1. The fourth-order valence-corrected chi connectivity index (χ4v) is 1.58. The summed E-state index contributed by atoms with van der Waals surface area (Å²) in [6.07, 6.45) is 0. The summed E-state index contributed by atoms with van der Waals surface area (Å²) >= 11 is 1.13. The molecule has 0 aromatic heterocycles. The van der Waals surface area contributed by atoms with E-state index >= 15 is 0 Å². The van der Waals surface area contributed by atoms with Crippen molar-refractivity contribution < 1.29 is 14.3 Å². The lowest BCUT2D eigenvalue weighted by Gasteiger charge is -2.04. The van der Waals surface area contributed by atoms with Crippen LogP contribution in [0.4, 0.5) is 5.69 Å². The van der Waals surface area contributed by atoms with Crippen molar-refractivity contribution in [2.75, 3.05) is 18.6 Å². The first-order valence-corrected chi connectivity index (χ1v) is 6.14. The maximum absolute atomic E-state index is 11.4. The van der Waals surface area contributed by atoms with Crippen molar-refractivity contribution in [1.82, 2.24) is 0 Å². The number of para-hydroxylation sites is 1. The summed E-state index contributed by atoms with van der Waals surface area (Å²) in [5.74, 6) is 5.56. The molecular weight excluding hydrogens is 250 g/mol. The predicted molar refractivity (Wildman–Crippen MR) is 72.2 cm³/mol. The third-order valence-corrected chi connectivity index (χ3v) is 2.78. The number of thioether (sulfide) groups is 1. The molecule has 0 saturated heterocycles. The molecule has 0 aliphatic rings. The molecule has 0 saturated carbocycles. The van der Waals surface area contributed by atoms with Gasteiger partial charge in [-0.15, -0.1) is 0 Å². The van der Waals surface area contributed by atoms with Crippen LogP contribution in [0.2, 0.25) is 0 Å². The quantitative estimate of drug-likeness (QED) is 0.499. The number of hydrogen-bond acceptors (Lipinski definition) is 5. The summed E-state index contributed by atoms with van der Waals surface area (Å²) in [6.45, 7) is 1.48. The minimum Gasteiger partial charge on any atom is -0.465 e. The minimum absolute atomic E-state index is 0.0144. The van der Waals surface area contributed by atoms with Crippen LogP contribution in [0.1, 0.15) is 22.8 Å². The van der Waals surface area contributed by atoms with Crippen molar-refractivity contribution >= 4 is 28.5 Å². The van der Waals surface area contributed by atoms with Gasteiger partial charge in [0.05, 0.1) is 24.1 Å². The zero-order valence-corrected chi connectivity index (χ0v) is 11.0. The second kappa shape index (κ2) is 6.72. The molecule has 0 spiro atoms. The highest BCUT2D eigenvalue weighted by Crippen LogP contribution is 2.17. The van der Waals surface area contributed by atoms with E-state index in [0.717, 1.165) is 11.8 Å². The lowest BCUT2D eigenvalue weighted by molar-refractivity contribution is -0.109. The normalized spacial score (nSPS) is 9.22. The van der Waals surface area contributed by atoms with Gasteiger partial charge in [0.15, 0.2) is 5.12 Å².